The molecule has 254 valence electrons. The van der Waals surface area contributed by atoms with E-state index in [2.05, 4.69) is 0 Å². The third-order valence-electron chi connectivity index (χ3n) is 8.21. The topological polar surface area (TPSA) is 208 Å². The summed E-state index contributed by atoms with van der Waals surface area (Å²) >= 11 is 0. The number of carbonyl (C=O) groups excluding carboxylic acids is 3. The van der Waals surface area contributed by atoms with Crippen molar-refractivity contribution in [3.63, 3.8) is 0 Å². The maximum atomic E-state index is 12.7. The number of aliphatic hydroxyl groups is 4. The Morgan fingerprint density at radius 2 is 1.80 bits per heavy atom. The van der Waals surface area contributed by atoms with Gasteiger partial charge >= 0.3 is 17.9 Å². The van der Waals surface area contributed by atoms with Crippen LogP contribution in [-0.4, -0.2) is 106 Å². The second-order valence-electron chi connectivity index (χ2n) is 12.2. The van der Waals surface area contributed by atoms with E-state index in [1.54, 1.807) is 12.1 Å². The van der Waals surface area contributed by atoms with Crippen molar-refractivity contribution in [1.29, 1.82) is 0 Å². The van der Waals surface area contributed by atoms with Crippen molar-refractivity contribution in [2.45, 2.75) is 82.6 Å². The largest absolute Gasteiger partial charge is 0.508 e. The van der Waals surface area contributed by atoms with Crippen LogP contribution >= 0.6 is 0 Å². The zero-order valence-corrected chi connectivity index (χ0v) is 25.9. The third-order valence-corrected chi connectivity index (χ3v) is 8.21. The Morgan fingerprint density at radius 1 is 1.09 bits per heavy atom. The van der Waals surface area contributed by atoms with Crippen LogP contribution in [0.3, 0.4) is 0 Å². The van der Waals surface area contributed by atoms with Crippen LogP contribution in [0.15, 0.2) is 42.2 Å². The van der Waals surface area contributed by atoms with Crippen LogP contribution in [0.4, 0.5) is 0 Å². The predicted molar refractivity (Wildman–Crippen MR) is 157 cm³/mol. The first-order valence-electron chi connectivity index (χ1n) is 15.1. The van der Waals surface area contributed by atoms with Crippen molar-refractivity contribution < 1.29 is 68.3 Å². The molecule has 0 spiro atoms. The molecule has 1 aliphatic carbocycles. The number of benzene rings is 1. The van der Waals surface area contributed by atoms with Crippen LogP contribution in [0.2, 0.25) is 0 Å². The summed E-state index contributed by atoms with van der Waals surface area (Å²) in [6.45, 7) is 3.70. The summed E-state index contributed by atoms with van der Waals surface area (Å²) < 4.78 is 33.6. The molecule has 1 aromatic rings. The number of phenols is 1. The molecule has 0 amide bonds. The lowest BCUT2D eigenvalue weighted by molar-refractivity contribution is -0.302. The van der Waals surface area contributed by atoms with Crippen molar-refractivity contribution in [1.82, 2.24) is 0 Å². The lowest BCUT2D eigenvalue weighted by Crippen LogP contribution is -2.60. The predicted octanol–water partition coefficient (Wildman–Crippen LogP) is 0.923. The normalized spacial score (nSPS) is 32.4. The molecule has 0 unspecified atom stereocenters. The number of hydrogen-bond donors (Lipinski definition) is 5. The number of aliphatic hydroxyl groups excluding tert-OH is 3. The van der Waals surface area contributed by atoms with Crippen LogP contribution in [0, 0.1) is 17.8 Å². The number of aromatic hydroxyl groups is 1. The van der Waals surface area contributed by atoms with Crippen molar-refractivity contribution in [2.24, 2.45) is 17.8 Å². The molecule has 4 rings (SSSR count). The standard InChI is InChI=1S/C32H42O14/c1-17(2)12-25(37)46-30-26-22(10-11-32(26,40)16-43-18(3)34)20(14-41-30)15-42-31-29(28(39)27(38)23(13-33)44-31)45-24(36)9-6-19-4-7-21(35)8-5-19/h4-9,14,17,22-23,26-31,33,35,38-40H,10-13,15-16H2,1-3H3/t22-,23-,26-,27+,28+,29+,30-,31+,32-/m0/s1. The molecule has 14 nitrogen and oxygen atoms in total. The Labute approximate surface area is 266 Å². The highest BCUT2D eigenvalue weighted by atomic mass is 16.7. The highest BCUT2D eigenvalue weighted by Crippen LogP contribution is 2.49. The van der Waals surface area contributed by atoms with Gasteiger partial charge in [-0.3, -0.25) is 9.59 Å². The summed E-state index contributed by atoms with van der Waals surface area (Å²) in [5, 5.41) is 52.0. The van der Waals surface area contributed by atoms with E-state index in [1.165, 1.54) is 31.4 Å². The van der Waals surface area contributed by atoms with Crippen LogP contribution in [-0.2, 0) is 42.8 Å². The van der Waals surface area contributed by atoms with E-state index in [-0.39, 0.29) is 37.7 Å². The Bertz CT molecular complexity index is 1280. The van der Waals surface area contributed by atoms with Gasteiger partial charge in [0.05, 0.1) is 25.4 Å². The van der Waals surface area contributed by atoms with Crippen LogP contribution < -0.4 is 0 Å². The van der Waals surface area contributed by atoms with Crippen LogP contribution in [0.1, 0.15) is 45.6 Å². The van der Waals surface area contributed by atoms with Gasteiger partial charge in [0.25, 0.3) is 0 Å². The Kier molecular flexibility index (Phi) is 11.8. The summed E-state index contributed by atoms with van der Waals surface area (Å²) in [6.07, 6.45) is -4.07. The third kappa shape index (κ3) is 8.63. The minimum absolute atomic E-state index is 0.0207. The van der Waals surface area contributed by atoms with Gasteiger partial charge in [0.1, 0.15) is 36.3 Å². The quantitative estimate of drug-likeness (QED) is 0.121. The van der Waals surface area contributed by atoms with Gasteiger partial charge in [-0.15, -0.1) is 0 Å². The maximum absolute atomic E-state index is 12.7. The average molecular weight is 651 g/mol. The number of fused-ring (bicyclic) bond motifs is 1. The van der Waals surface area contributed by atoms with E-state index in [9.17, 15) is 39.9 Å². The molecule has 9 atom stereocenters. The van der Waals surface area contributed by atoms with Gasteiger partial charge in [0, 0.05) is 19.4 Å². The second kappa shape index (κ2) is 15.4. The fourth-order valence-corrected chi connectivity index (χ4v) is 5.88. The maximum Gasteiger partial charge on any atom is 0.331 e. The van der Waals surface area contributed by atoms with E-state index in [1.807, 2.05) is 13.8 Å². The van der Waals surface area contributed by atoms with Crippen molar-refractivity contribution in [2.75, 3.05) is 19.8 Å². The fourth-order valence-electron chi connectivity index (χ4n) is 5.88. The number of esters is 3. The van der Waals surface area contributed by atoms with Gasteiger partial charge < -0.3 is 54.0 Å². The van der Waals surface area contributed by atoms with Crippen LogP contribution in [0.25, 0.3) is 6.08 Å². The van der Waals surface area contributed by atoms with E-state index in [4.69, 9.17) is 28.4 Å². The lowest BCUT2D eigenvalue weighted by Gasteiger charge is -2.42. The molecule has 2 heterocycles. The first-order chi connectivity index (χ1) is 21.8. The Hall–Kier alpha value is -3.53. The number of ether oxygens (including phenoxy) is 6. The van der Waals surface area contributed by atoms with Crippen molar-refractivity contribution in [3.05, 3.63) is 47.7 Å². The molecule has 2 fully saturated rings. The van der Waals surface area contributed by atoms with Crippen LogP contribution in [0.5, 0.6) is 5.75 Å². The van der Waals surface area contributed by atoms with E-state index < -0.39 is 78.9 Å². The lowest BCUT2D eigenvalue weighted by atomic mass is 9.81. The van der Waals surface area contributed by atoms with Gasteiger partial charge in [0.2, 0.25) is 6.29 Å². The molecule has 14 heteroatoms. The van der Waals surface area contributed by atoms with Crippen molar-refractivity contribution in [3.8, 4) is 5.75 Å². The van der Waals surface area contributed by atoms with Gasteiger partial charge in [-0.2, -0.15) is 0 Å². The molecule has 1 saturated carbocycles. The van der Waals surface area contributed by atoms with Crippen molar-refractivity contribution >= 4 is 24.0 Å². The molecular weight excluding hydrogens is 608 g/mol. The molecule has 3 aliphatic rings. The molecule has 0 radical (unpaired) electrons. The summed E-state index contributed by atoms with van der Waals surface area (Å²) in [4.78, 5) is 36.8. The zero-order valence-electron chi connectivity index (χ0n) is 25.9. The number of carbonyl (C=O) groups is 3. The highest BCUT2D eigenvalue weighted by molar-refractivity contribution is 5.87. The molecular formula is C32H42O14. The SMILES string of the molecule is CC(=O)OC[C@@]1(O)CC[C@H]2C(CO[C@@H]3O[C@@H](CO)[C@@H](O)[C@@H](O)[C@H]3OC(=O)C=Cc3ccc(O)cc3)=CO[C@@H](OC(=O)CC(C)C)[C@H]21. The van der Waals surface area contributed by atoms with Gasteiger partial charge in [-0.05, 0) is 54.0 Å². The molecule has 0 bridgehead atoms. The summed E-state index contributed by atoms with van der Waals surface area (Å²) in [5.74, 6) is -3.20. The number of hydrogen-bond acceptors (Lipinski definition) is 14. The smallest absolute Gasteiger partial charge is 0.331 e. The molecule has 46 heavy (non-hydrogen) atoms. The Morgan fingerprint density at radius 3 is 2.46 bits per heavy atom. The number of rotatable bonds is 12. The minimum atomic E-state index is -1.68. The van der Waals surface area contributed by atoms with Gasteiger partial charge in [-0.1, -0.05) is 26.0 Å². The molecule has 2 aliphatic heterocycles. The molecule has 1 saturated heterocycles. The first-order valence-corrected chi connectivity index (χ1v) is 15.1. The Balaban J connectivity index is 1.50. The zero-order chi connectivity index (χ0) is 33.6. The van der Waals surface area contributed by atoms with Gasteiger partial charge in [0.15, 0.2) is 12.4 Å². The first kappa shape index (κ1) is 35.3. The van der Waals surface area contributed by atoms with E-state index >= 15 is 0 Å². The molecule has 0 aromatic heterocycles. The second-order valence-corrected chi connectivity index (χ2v) is 12.2. The monoisotopic (exact) mass is 650 g/mol. The van der Waals surface area contributed by atoms with E-state index in [0.29, 0.717) is 17.6 Å². The summed E-state index contributed by atoms with van der Waals surface area (Å²) in [6, 6.07) is 6.01. The minimum Gasteiger partial charge on any atom is -0.508 e. The van der Waals surface area contributed by atoms with E-state index in [0.717, 1.165) is 6.08 Å². The summed E-state index contributed by atoms with van der Waals surface area (Å²) in [7, 11) is 0. The van der Waals surface area contributed by atoms with Gasteiger partial charge in [-0.25, -0.2) is 4.79 Å². The molecule has 5 N–H and O–H groups in total. The average Bonchev–Trinajstić information content (AvgIpc) is 3.36. The fraction of sp³-hybridized carbons (Fsp3) is 0.594. The molecule has 1 aromatic carbocycles. The summed E-state index contributed by atoms with van der Waals surface area (Å²) in [5.41, 5.74) is -0.480. The number of phenolic OH excluding ortho intramolecular Hbond substituents is 1. The highest BCUT2D eigenvalue weighted by Gasteiger charge is 2.57.